The molecule has 0 bridgehead atoms. The molecule has 1 heterocycles. The van der Waals surface area contributed by atoms with Crippen molar-refractivity contribution in [2.24, 2.45) is 0 Å². The van der Waals surface area contributed by atoms with Crippen molar-refractivity contribution in [3.05, 3.63) is 89.6 Å². The number of hydrogen-bond acceptors (Lipinski definition) is 7. The molecular weight excluding hydrogens is 619 g/mol. The summed E-state index contributed by atoms with van der Waals surface area (Å²) in [6, 6.07) is 25.5. The standard InChI is InChI=1S/C13H8N.C9H9N.ClHO4.Pt.S/c1-2-6-12-10(4-1)7-8-11-5-3-9-14-13(11)12;1-7-4-3-5-8(2)9(7)6-10;2-1(3,4)5;;/h1-5,7-9H;3-5H,1-2H3;(H,2,3,4,5);;/q-1;;;;/p-1. The average Bonchev–Trinajstić information content (AvgIpc) is 2.75. The summed E-state index contributed by atoms with van der Waals surface area (Å²) in [5.41, 5.74) is 3.96. The molecular formula is C22H17ClN2O4PtS-2. The van der Waals surface area contributed by atoms with Gasteiger partial charge in [-0.25, -0.2) is 18.6 Å². The summed E-state index contributed by atoms with van der Waals surface area (Å²) in [5, 5.41) is 12.1. The molecule has 4 aromatic rings. The molecule has 0 N–H and O–H groups in total. The maximum atomic E-state index is 8.65. The number of nitrogens with zero attached hydrogens (tertiary/aromatic N) is 2. The van der Waals surface area contributed by atoms with Crippen LogP contribution in [0.3, 0.4) is 0 Å². The number of benzene rings is 3. The van der Waals surface area contributed by atoms with Gasteiger partial charge in [0.1, 0.15) is 0 Å². The van der Waals surface area contributed by atoms with Crippen LogP contribution in [0.2, 0.25) is 0 Å². The Hall–Kier alpha value is -2.14. The summed E-state index contributed by atoms with van der Waals surface area (Å²) in [5.74, 6) is 0. The zero-order chi connectivity index (χ0) is 23.4. The Morgan fingerprint density at radius 1 is 0.903 bits per heavy atom. The molecule has 3 aromatic carbocycles. The maximum absolute atomic E-state index is 8.65. The van der Waals surface area contributed by atoms with E-state index in [2.05, 4.69) is 51.2 Å². The Kier molecular flexibility index (Phi) is 11.5. The molecule has 6 nitrogen and oxygen atoms in total. The van der Waals surface area contributed by atoms with Gasteiger partial charge in [0.15, 0.2) is 0 Å². The number of halogens is 1. The first-order chi connectivity index (χ1) is 14.7. The topological polar surface area (TPSA) is 129 Å². The molecule has 0 saturated carbocycles. The van der Waals surface area contributed by atoms with Gasteiger partial charge in [-0.1, -0.05) is 36.4 Å². The van der Waals surface area contributed by atoms with Crippen LogP contribution in [0.4, 0.5) is 0 Å². The SMILES string of the molecule is Cc1cccc(C)c1C#N.[O-][Cl+3]([O-])([O-])[O-].[S]=[Pt].[c-]1cccc2ccc3cccnc3c12. The molecule has 31 heavy (non-hydrogen) atoms. The minimum atomic E-state index is -4.94. The van der Waals surface area contributed by atoms with Crippen molar-refractivity contribution in [1.82, 2.24) is 4.98 Å². The van der Waals surface area contributed by atoms with Gasteiger partial charge in [0.05, 0.1) is 11.6 Å². The van der Waals surface area contributed by atoms with Gasteiger partial charge in [-0.2, -0.15) is 5.26 Å². The number of aryl methyl sites for hydroxylation is 2. The monoisotopic (exact) mass is 635 g/mol. The average molecular weight is 636 g/mol. The number of fused-ring (bicyclic) bond motifs is 3. The first kappa shape index (κ1) is 26.9. The van der Waals surface area contributed by atoms with Crippen LogP contribution in [0.1, 0.15) is 16.7 Å². The van der Waals surface area contributed by atoms with E-state index in [0.717, 1.165) is 27.6 Å². The van der Waals surface area contributed by atoms with Crippen LogP contribution in [0.25, 0.3) is 21.7 Å². The van der Waals surface area contributed by atoms with Gasteiger partial charge in [0, 0.05) is 6.20 Å². The Morgan fingerprint density at radius 3 is 2.00 bits per heavy atom. The van der Waals surface area contributed by atoms with Crippen LogP contribution >= 0.6 is 9.82 Å². The van der Waals surface area contributed by atoms with Crippen LogP contribution < -0.4 is 18.6 Å². The summed E-state index contributed by atoms with van der Waals surface area (Å²) in [4.78, 5) is 4.38. The van der Waals surface area contributed by atoms with Crippen molar-refractivity contribution in [2.75, 3.05) is 0 Å². The third-order valence-corrected chi connectivity index (χ3v) is 4.00. The summed E-state index contributed by atoms with van der Waals surface area (Å²) >= 11 is 1.72. The molecule has 0 aliphatic rings. The van der Waals surface area contributed by atoms with E-state index in [4.69, 9.17) is 23.9 Å². The Labute approximate surface area is 197 Å². The van der Waals surface area contributed by atoms with Gasteiger partial charge >= 0.3 is 27.8 Å². The fourth-order valence-corrected chi connectivity index (χ4v) is 2.73. The Bertz CT molecular complexity index is 1100. The molecule has 0 aliphatic carbocycles. The smallest absolute Gasteiger partial charge is 0.0161 e. The minimum Gasteiger partial charge on any atom is -0.304 e. The third-order valence-electron chi connectivity index (χ3n) is 4.00. The maximum Gasteiger partial charge on any atom is 0.0161 e. The number of pyridine rings is 1. The second-order valence-electron chi connectivity index (χ2n) is 6.03. The molecule has 0 unspecified atom stereocenters. The van der Waals surface area contributed by atoms with E-state index in [1.54, 1.807) is 18.0 Å². The van der Waals surface area contributed by atoms with E-state index in [1.807, 2.05) is 56.4 Å². The summed E-state index contributed by atoms with van der Waals surface area (Å²) < 4.78 is 34.0. The van der Waals surface area contributed by atoms with E-state index < -0.39 is 10.2 Å². The third kappa shape index (κ3) is 9.26. The van der Waals surface area contributed by atoms with Crippen LogP contribution in [0.15, 0.2) is 66.9 Å². The van der Waals surface area contributed by atoms with Crippen molar-refractivity contribution < 1.29 is 46.9 Å². The van der Waals surface area contributed by atoms with Gasteiger partial charge in [0.25, 0.3) is 0 Å². The largest absolute Gasteiger partial charge is 0.304 e. The molecule has 0 spiro atoms. The van der Waals surface area contributed by atoms with E-state index in [-0.39, 0.29) is 0 Å². The van der Waals surface area contributed by atoms with Crippen LogP contribution in [0, 0.1) is 41.5 Å². The fourth-order valence-electron chi connectivity index (χ4n) is 2.73. The molecule has 1 aromatic heterocycles. The van der Waals surface area contributed by atoms with E-state index in [9.17, 15) is 0 Å². The molecule has 0 radical (unpaired) electrons. The van der Waals surface area contributed by atoms with Crippen molar-refractivity contribution in [1.29, 1.82) is 5.26 Å². The fraction of sp³-hybridized carbons (Fsp3) is 0.0909. The Balaban J connectivity index is 0.000000249. The van der Waals surface area contributed by atoms with Crippen molar-refractivity contribution in [3.63, 3.8) is 0 Å². The first-order valence-electron chi connectivity index (χ1n) is 8.56. The van der Waals surface area contributed by atoms with Gasteiger partial charge in [-0.3, -0.25) is 0 Å². The molecule has 0 atom stereocenters. The van der Waals surface area contributed by atoms with Gasteiger partial charge in [-0.05, 0) is 41.9 Å². The molecule has 0 fully saturated rings. The van der Waals surface area contributed by atoms with Crippen LogP contribution in [-0.4, -0.2) is 4.98 Å². The molecule has 0 amide bonds. The summed E-state index contributed by atoms with van der Waals surface area (Å²) in [6.07, 6.45) is 1.82. The van der Waals surface area contributed by atoms with Crippen LogP contribution in [0.5, 0.6) is 0 Å². The summed E-state index contributed by atoms with van der Waals surface area (Å²) in [6.45, 7) is 3.90. The Morgan fingerprint density at radius 2 is 1.45 bits per heavy atom. The number of nitriles is 1. The minimum absolute atomic E-state index is 0.808. The van der Waals surface area contributed by atoms with Crippen molar-refractivity contribution >= 4 is 31.5 Å². The molecule has 9 heteroatoms. The predicted molar refractivity (Wildman–Crippen MR) is 106 cm³/mol. The molecule has 164 valence electrons. The van der Waals surface area contributed by atoms with E-state index in [0.29, 0.717) is 0 Å². The van der Waals surface area contributed by atoms with E-state index in [1.165, 1.54) is 10.8 Å². The van der Waals surface area contributed by atoms with Crippen molar-refractivity contribution in [3.8, 4) is 6.07 Å². The van der Waals surface area contributed by atoms with Gasteiger partial charge in [0.2, 0.25) is 0 Å². The van der Waals surface area contributed by atoms with Crippen molar-refractivity contribution in [2.45, 2.75) is 13.8 Å². The quantitative estimate of drug-likeness (QED) is 0.210. The summed E-state index contributed by atoms with van der Waals surface area (Å²) in [7, 11) is -0.889. The van der Waals surface area contributed by atoms with E-state index >= 15 is 0 Å². The zero-order valence-corrected chi connectivity index (χ0v) is 20.3. The van der Waals surface area contributed by atoms with Gasteiger partial charge in [-0.15, -0.1) is 45.3 Å². The number of aromatic nitrogens is 1. The second kappa shape index (κ2) is 13.3. The number of hydrogen-bond donors (Lipinski definition) is 0. The normalized spacial score (nSPS) is 9.90. The second-order valence-corrected chi connectivity index (χ2v) is 6.79. The molecule has 0 aliphatic heterocycles. The zero-order valence-electron chi connectivity index (χ0n) is 16.5. The number of rotatable bonds is 0. The first-order valence-corrected chi connectivity index (χ1v) is 12.8. The van der Waals surface area contributed by atoms with Gasteiger partial charge < -0.3 is 4.98 Å². The molecule has 0 saturated heterocycles. The molecule has 4 rings (SSSR count). The predicted octanol–water partition coefficient (Wildman–Crippen LogP) is 1.25. The van der Waals surface area contributed by atoms with Crippen LogP contribution in [-0.2, 0) is 18.0 Å².